The summed E-state index contributed by atoms with van der Waals surface area (Å²) in [5, 5.41) is 0.810. The molecule has 1 aromatic carbocycles. The molecule has 0 radical (unpaired) electrons. The first kappa shape index (κ1) is 15.8. The fourth-order valence-electron chi connectivity index (χ4n) is 4.00. The van der Waals surface area contributed by atoms with Crippen molar-refractivity contribution in [1.82, 2.24) is 4.90 Å². The maximum absolute atomic E-state index is 10.7. The smallest absolute Gasteiger partial charge is 0.217 e. The van der Waals surface area contributed by atoms with Gasteiger partial charge in [0, 0.05) is 31.1 Å². The van der Waals surface area contributed by atoms with Crippen LogP contribution in [0.25, 0.3) is 0 Å². The second-order valence-electron chi connectivity index (χ2n) is 6.88. The predicted octanol–water partition coefficient (Wildman–Crippen LogP) is 3.45. The standard InChI is InChI=1S/C18H25ClN2O/c19-14-8-6-13(7-9-14)10-21-11-16-15(17(16)12-21)4-2-1-3-5-18(20)22/h6-9,15-17H,1-5,10-12H2,(H2,20,22). The lowest BCUT2D eigenvalue weighted by molar-refractivity contribution is -0.118. The Morgan fingerprint density at radius 2 is 1.82 bits per heavy atom. The molecule has 1 saturated carbocycles. The van der Waals surface area contributed by atoms with Crippen LogP contribution in [0.2, 0.25) is 5.02 Å². The number of fused-ring (bicyclic) bond motifs is 1. The highest BCUT2D eigenvalue weighted by molar-refractivity contribution is 6.30. The molecule has 0 bridgehead atoms. The molecular weight excluding hydrogens is 296 g/mol. The van der Waals surface area contributed by atoms with Gasteiger partial charge < -0.3 is 5.73 Å². The molecule has 3 rings (SSSR count). The van der Waals surface area contributed by atoms with Gasteiger partial charge in [-0.1, -0.05) is 36.6 Å². The van der Waals surface area contributed by atoms with Crippen LogP contribution in [0.3, 0.4) is 0 Å². The highest BCUT2D eigenvalue weighted by Gasteiger charge is 2.54. The van der Waals surface area contributed by atoms with Crippen molar-refractivity contribution in [3.8, 4) is 0 Å². The van der Waals surface area contributed by atoms with Gasteiger partial charge in [-0.15, -0.1) is 0 Å². The predicted molar refractivity (Wildman–Crippen MR) is 89.5 cm³/mol. The van der Waals surface area contributed by atoms with Gasteiger partial charge in [0.05, 0.1) is 0 Å². The van der Waals surface area contributed by atoms with Crippen LogP contribution in [0.1, 0.15) is 37.7 Å². The molecule has 2 atom stereocenters. The summed E-state index contributed by atoms with van der Waals surface area (Å²) in [6.45, 7) is 3.55. The van der Waals surface area contributed by atoms with E-state index in [4.69, 9.17) is 17.3 Å². The molecular formula is C18H25ClN2O. The molecule has 1 heterocycles. The third-order valence-electron chi connectivity index (χ3n) is 5.23. The first-order valence-corrected chi connectivity index (χ1v) is 8.76. The van der Waals surface area contributed by atoms with Crippen LogP contribution in [0.4, 0.5) is 0 Å². The number of amides is 1. The lowest BCUT2D eigenvalue weighted by Gasteiger charge is -2.19. The van der Waals surface area contributed by atoms with E-state index < -0.39 is 0 Å². The summed E-state index contributed by atoms with van der Waals surface area (Å²) in [7, 11) is 0. The molecule has 4 heteroatoms. The average molecular weight is 321 g/mol. The van der Waals surface area contributed by atoms with E-state index >= 15 is 0 Å². The summed E-state index contributed by atoms with van der Waals surface area (Å²) in [6.07, 6.45) is 5.24. The van der Waals surface area contributed by atoms with Gasteiger partial charge >= 0.3 is 0 Å². The fraction of sp³-hybridized carbons (Fsp3) is 0.611. The summed E-state index contributed by atoms with van der Waals surface area (Å²) in [5.41, 5.74) is 6.51. The number of nitrogens with two attached hydrogens (primary N) is 1. The zero-order valence-corrected chi connectivity index (χ0v) is 13.8. The molecule has 120 valence electrons. The van der Waals surface area contributed by atoms with Crippen LogP contribution < -0.4 is 5.73 Å². The number of benzene rings is 1. The Kier molecular flexibility index (Phi) is 5.04. The molecule has 1 amide bonds. The molecule has 1 aliphatic heterocycles. The number of halogens is 1. The first-order valence-electron chi connectivity index (χ1n) is 8.38. The lowest BCUT2D eigenvalue weighted by atomic mass is 10.1. The van der Waals surface area contributed by atoms with E-state index in [9.17, 15) is 4.79 Å². The number of hydrogen-bond donors (Lipinski definition) is 1. The zero-order chi connectivity index (χ0) is 15.5. The van der Waals surface area contributed by atoms with Gasteiger partial charge in [0.25, 0.3) is 0 Å². The van der Waals surface area contributed by atoms with Crippen LogP contribution in [0.5, 0.6) is 0 Å². The minimum Gasteiger partial charge on any atom is -0.370 e. The van der Waals surface area contributed by atoms with E-state index in [1.54, 1.807) is 0 Å². The summed E-state index contributed by atoms with van der Waals surface area (Å²) in [6, 6.07) is 8.20. The fourth-order valence-corrected chi connectivity index (χ4v) is 4.12. The number of carbonyl (C=O) groups is 1. The van der Waals surface area contributed by atoms with Gasteiger partial charge in [0.15, 0.2) is 0 Å². The number of likely N-dealkylation sites (tertiary alicyclic amines) is 1. The zero-order valence-electron chi connectivity index (χ0n) is 13.0. The topological polar surface area (TPSA) is 46.3 Å². The van der Waals surface area contributed by atoms with Crippen molar-refractivity contribution in [3.05, 3.63) is 34.9 Å². The minimum absolute atomic E-state index is 0.166. The molecule has 2 fully saturated rings. The number of piperidine rings is 1. The molecule has 3 nitrogen and oxygen atoms in total. The average Bonchev–Trinajstić information content (AvgIpc) is 2.93. The van der Waals surface area contributed by atoms with Crippen LogP contribution in [0.15, 0.2) is 24.3 Å². The largest absolute Gasteiger partial charge is 0.370 e. The third-order valence-corrected chi connectivity index (χ3v) is 5.48. The molecule has 0 spiro atoms. The Hall–Kier alpha value is -1.06. The molecule has 1 aliphatic carbocycles. The van der Waals surface area contributed by atoms with Crippen LogP contribution in [-0.4, -0.2) is 23.9 Å². The Labute approximate surface area is 137 Å². The maximum atomic E-state index is 10.7. The van der Waals surface area contributed by atoms with E-state index in [1.165, 1.54) is 31.5 Å². The number of carbonyl (C=O) groups excluding carboxylic acids is 1. The first-order chi connectivity index (χ1) is 10.6. The van der Waals surface area contributed by atoms with Gasteiger partial charge in [-0.25, -0.2) is 0 Å². The van der Waals surface area contributed by atoms with E-state index in [0.717, 1.165) is 42.2 Å². The molecule has 22 heavy (non-hydrogen) atoms. The maximum Gasteiger partial charge on any atom is 0.217 e. The van der Waals surface area contributed by atoms with Gasteiger partial charge in [0.1, 0.15) is 0 Å². The van der Waals surface area contributed by atoms with Crippen molar-refractivity contribution < 1.29 is 4.79 Å². The normalized spacial score (nSPS) is 26.9. The lowest BCUT2D eigenvalue weighted by Crippen LogP contribution is -2.24. The number of hydrogen-bond acceptors (Lipinski definition) is 2. The van der Waals surface area contributed by atoms with E-state index in [0.29, 0.717) is 6.42 Å². The van der Waals surface area contributed by atoms with Crippen molar-refractivity contribution in [3.63, 3.8) is 0 Å². The number of primary amides is 1. The Morgan fingerprint density at radius 1 is 1.14 bits per heavy atom. The van der Waals surface area contributed by atoms with Crippen molar-refractivity contribution in [2.45, 2.75) is 38.6 Å². The summed E-state index contributed by atoms with van der Waals surface area (Å²) < 4.78 is 0. The van der Waals surface area contributed by atoms with Gasteiger partial charge in [-0.2, -0.15) is 0 Å². The van der Waals surface area contributed by atoms with Crippen molar-refractivity contribution in [2.75, 3.05) is 13.1 Å². The number of nitrogens with zero attached hydrogens (tertiary/aromatic N) is 1. The SMILES string of the molecule is NC(=O)CCCCCC1C2CN(Cc3ccc(Cl)cc3)CC12. The summed E-state index contributed by atoms with van der Waals surface area (Å²) in [4.78, 5) is 13.3. The van der Waals surface area contributed by atoms with Gasteiger partial charge in [-0.3, -0.25) is 9.69 Å². The molecule has 2 N–H and O–H groups in total. The van der Waals surface area contributed by atoms with Gasteiger partial charge in [0.2, 0.25) is 5.91 Å². The Balaban J connectivity index is 1.32. The van der Waals surface area contributed by atoms with E-state index in [1.807, 2.05) is 12.1 Å². The monoisotopic (exact) mass is 320 g/mol. The third kappa shape index (κ3) is 4.02. The quantitative estimate of drug-likeness (QED) is 0.746. The molecule has 2 aliphatic rings. The second kappa shape index (κ2) is 7.01. The number of unbranched alkanes of at least 4 members (excludes halogenated alkanes) is 2. The number of rotatable bonds is 8. The van der Waals surface area contributed by atoms with Crippen LogP contribution in [-0.2, 0) is 11.3 Å². The highest BCUT2D eigenvalue weighted by atomic mass is 35.5. The van der Waals surface area contributed by atoms with Crippen LogP contribution in [0, 0.1) is 17.8 Å². The summed E-state index contributed by atoms with van der Waals surface area (Å²) >= 11 is 5.93. The summed E-state index contributed by atoms with van der Waals surface area (Å²) in [5.74, 6) is 2.61. The van der Waals surface area contributed by atoms with Crippen molar-refractivity contribution in [2.24, 2.45) is 23.5 Å². The Bertz CT molecular complexity index is 504. The second-order valence-corrected chi connectivity index (χ2v) is 7.31. The highest BCUT2D eigenvalue weighted by Crippen LogP contribution is 2.54. The molecule has 1 saturated heterocycles. The molecule has 1 aromatic rings. The van der Waals surface area contributed by atoms with Crippen LogP contribution >= 0.6 is 11.6 Å². The van der Waals surface area contributed by atoms with Crippen molar-refractivity contribution >= 4 is 17.5 Å². The Morgan fingerprint density at radius 3 is 2.45 bits per heavy atom. The minimum atomic E-state index is -0.166. The van der Waals surface area contributed by atoms with E-state index in [2.05, 4.69) is 17.0 Å². The molecule has 2 unspecified atom stereocenters. The van der Waals surface area contributed by atoms with E-state index in [-0.39, 0.29) is 5.91 Å². The molecule has 0 aromatic heterocycles. The van der Waals surface area contributed by atoms with Crippen molar-refractivity contribution in [1.29, 1.82) is 0 Å². The van der Waals surface area contributed by atoms with Gasteiger partial charge in [-0.05, 0) is 48.3 Å².